The van der Waals surface area contributed by atoms with Crippen molar-refractivity contribution < 1.29 is 9.90 Å². The van der Waals surface area contributed by atoms with Gasteiger partial charge in [-0.15, -0.1) is 0 Å². The zero-order valence-electron chi connectivity index (χ0n) is 22.8. The highest BCUT2D eigenvalue weighted by Crippen LogP contribution is 2.25. The van der Waals surface area contributed by atoms with Gasteiger partial charge in [0.1, 0.15) is 0 Å². The third kappa shape index (κ3) is 10.2. The second-order valence-corrected chi connectivity index (χ2v) is 11.4. The monoisotopic (exact) mass is 489 g/mol. The van der Waals surface area contributed by atoms with Gasteiger partial charge >= 0.3 is 5.97 Å². The Kier molecular flexibility index (Phi) is 10.7. The number of allylic oxidation sites excluding steroid dienone is 2. The Morgan fingerprint density at radius 2 is 1.72 bits per heavy atom. The maximum Gasteiger partial charge on any atom is 0.306 e. The van der Waals surface area contributed by atoms with Crippen LogP contribution in [0.5, 0.6) is 0 Å². The zero-order chi connectivity index (χ0) is 26.9. The fourth-order valence-corrected chi connectivity index (χ4v) is 4.02. The number of hydrogen-bond donors (Lipinski definition) is 3. The molecule has 2 aromatic carbocycles. The lowest BCUT2D eigenvalue weighted by Crippen LogP contribution is -2.41. The van der Waals surface area contributed by atoms with Crippen LogP contribution in [-0.2, 0) is 11.3 Å². The molecule has 5 heteroatoms. The molecule has 0 radical (unpaired) electrons. The van der Waals surface area contributed by atoms with E-state index >= 15 is 0 Å². The first kappa shape index (κ1) is 29.1. The van der Waals surface area contributed by atoms with Gasteiger partial charge < -0.3 is 10.4 Å². The molecule has 194 valence electrons. The number of anilines is 1. The second kappa shape index (κ2) is 13.2. The van der Waals surface area contributed by atoms with Gasteiger partial charge in [0, 0.05) is 18.8 Å². The molecule has 5 nitrogen and oxygen atoms in total. The van der Waals surface area contributed by atoms with E-state index in [4.69, 9.17) is 5.41 Å². The third-order valence-electron chi connectivity index (χ3n) is 5.88. The summed E-state index contributed by atoms with van der Waals surface area (Å²) in [4.78, 5) is 13.6. The van der Waals surface area contributed by atoms with Crippen molar-refractivity contribution in [3.63, 3.8) is 0 Å². The van der Waals surface area contributed by atoms with Crippen molar-refractivity contribution in [2.75, 3.05) is 18.4 Å². The molecule has 1 aliphatic rings. The summed E-state index contributed by atoms with van der Waals surface area (Å²) in [6.07, 6.45) is 2.52. The van der Waals surface area contributed by atoms with E-state index < -0.39 is 5.97 Å². The minimum Gasteiger partial charge on any atom is -0.481 e. The van der Waals surface area contributed by atoms with Crippen LogP contribution in [-0.4, -0.2) is 34.8 Å². The number of likely N-dealkylation sites (tertiary alicyclic amines) is 1. The van der Waals surface area contributed by atoms with Gasteiger partial charge in [0.25, 0.3) is 0 Å². The van der Waals surface area contributed by atoms with E-state index in [0.717, 1.165) is 36.5 Å². The van der Waals surface area contributed by atoms with Gasteiger partial charge in [-0.3, -0.25) is 15.1 Å². The molecule has 1 aliphatic heterocycles. The molecule has 3 rings (SSSR count). The summed E-state index contributed by atoms with van der Waals surface area (Å²) in [5, 5.41) is 20.8. The fraction of sp³-hybridized carbons (Fsp3) is 0.419. The van der Waals surface area contributed by atoms with Gasteiger partial charge in [0.15, 0.2) is 0 Å². The number of aliphatic carboxylic acids is 1. The van der Waals surface area contributed by atoms with Crippen LogP contribution in [0.1, 0.15) is 59.1 Å². The zero-order valence-corrected chi connectivity index (χ0v) is 22.8. The van der Waals surface area contributed by atoms with E-state index in [9.17, 15) is 9.90 Å². The Hall–Kier alpha value is -3.18. The average molecular weight is 490 g/mol. The van der Waals surface area contributed by atoms with Gasteiger partial charge in [0.2, 0.25) is 0 Å². The van der Waals surface area contributed by atoms with Crippen LogP contribution in [0.2, 0.25) is 0 Å². The predicted molar refractivity (Wildman–Crippen MR) is 152 cm³/mol. The highest BCUT2D eigenvalue weighted by Gasteiger charge is 2.30. The van der Waals surface area contributed by atoms with Crippen molar-refractivity contribution in [1.29, 1.82) is 5.41 Å². The van der Waals surface area contributed by atoms with Crippen molar-refractivity contribution >= 4 is 22.9 Å². The molecular weight excluding hydrogens is 446 g/mol. The number of benzene rings is 2. The first-order chi connectivity index (χ1) is 16.8. The fourth-order valence-electron chi connectivity index (χ4n) is 4.02. The van der Waals surface area contributed by atoms with Gasteiger partial charge in [-0.2, -0.15) is 0 Å². The SMILES string of the molecule is C=C(Nc1ccc(CN2CCC(C(=O)O)C(C)C2)cc1)C(=N)/C=C(\C)c1ccccc1.CC(C)(C)C. The minimum absolute atomic E-state index is 0.161. The molecule has 1 saturated heterocycles. The topological polar surface area (TPSA) is 76.4 Å². The molecule has 2 unspecified atom stereocenters. The number of carboxylic acids is 1. The summed E-state index contributed by atoms with van der Waals surface area (Å²) in [6.45, 7) is 19.2. The molecule has 0 bridgehead atoms. The largest absolute Gasteiger partial charge is 0.481 e. The number of rotatable bonds is 8. The molecule has 2 atom stereocenters. The summed E-state index contributed by atoms with van der Waals surface area (Å²) >= 11 is 0. The number of hydrogen-bond acceptors (Lipinski definition) is 4. The van der Waals surface area contributed by atoms with E-state index in [1.807, 2.05) is 62.4 Å². The smallest absolute Gasteiger partial charge is 0.306 e. The Bertz CT molecular complexity index is 1040. The maximum absolute atomic E-state index is 11.3. The van der Waals surface area contributed by atoms with E-state index in [0.29, 0.717) is 23.2 Å². The summed E-state index contributed by atoms with van der Waals surface area (Å²) < 4.78 is 0. The maximum atomic E-state index is 11.3. The summed E-state index contributed by atoms with van der Waals surface area (Å²) in [5.41, 5.74) is 5.58. The summed E-state index contributed by atoms with van der Waals surface area (Å²) in [5.74, 6) is -0.750. The van der Waals surface area contributed by atoms with E-state index in [2.05, 4.69) is 56.6 Å². The van der Waals surface area contributed by atoms with Crippen LogP contribution in [0.25, 0.3) is 5.57 Å². The first-order valence-electron chi connectivity index (χ1n) is 12.7. The normalized spacial score (nSPS) is 18.6. The van der Waals surface area contributed by atoms with Crippen molar-refractivity contribution in [3.8, 4) is 0 Å². The van der Waals surface area contributed by atoms with Crippen LogP contribution >= 0.6 is 0 Å². The number of nitrogens with one attached hydrogen (secondary N) is 2. The molecule has 1 fully saturated rings. The van der Waals surface area contributed by atoms with Gasteiger partial charge in [-0.05, 0) is 66.1 Å². The number of piperidine rings is 1. The second-order valence-electron chi connectivity index (χ2n) is 11.4. The van der Waals surface area contributed by atoms with Crippen molar-refractivity contribution in [3.05, 3.63) is 84.1 Å². The van der Waals surface area contributed by atoms with Gasteiger partial charge in [-0.1, -0.05) is 83.7 Å². The number of carboxylic acid groups (broad SMARTS) is 1. The third-order valence-corrected chi connectivity index (χ3v) is 5.88. The summed E-state index contributed by atoms with van der Waals surface area (Å²) in [7, 11) is 0. The van der Waals surface area contributed by atoms with Gasteiger partial charge in [0.05, 0.1) is 17.3 Å². The molecular formula is C31H43N3O2. The highest BCUT2D eigenvalue weighted by atomic mass is 16.4. The molecule has 0 amide bonds. The number of carbonyl (C=O) groups is 1. The molecule has 3 N–H and O–H groups in total. The van der Waals surface area contributed by atoms with Crippen LogP contribution < -0.4 is 5.32 Å². The summed E-state index contributed by atoms with van der Waals surface area (Å²) in [6, 6.07) is 18.1. The lowest BCUT2D eigenvalue weighted by molar-refractivity contribution is -0.145. The van der Waals surface area contributed by atoms with Crippen LogP contribution in [0.15, 0.2) is 72.9 Å². The lowest BCUT2D eigenvalue weighted by atomic mass is 9.87. The minimum atomic E-state index is -0.679. The van der Waals surface area contributed by atoms with E-state index in [1.54, 1.807) is 0 Å². The molecule has 1 heterocycles. The molecule has 0 aliphatic carbocycles. The van der Waals surface area contributed by atoms with Crippen LogP contribution in [0.3, 0.4) is 0 Å². The molecule has 36 heavy (non-hydrogen) atoms. The predicted octanol–water partition coefficient (Wildman–Crippen LogP) is 7.33. The first-order valence-corrected chi connectivity index (χ1v) is 12.7. The Morgan fingerprint density at radius 3 is 2.25 bits per heavy atom. The van der Waals surface area contributed by atoms with Crippen LogP contribution in [0.4, 0.5) is 5.69 Å². The van der Waals surface area contributed by atoms with Crippen molar-refractivity contribution in [2.24, 2.45) is 17.3 Å². The van der Waals surface area contributed by atoms with Crippen molar-refractivity contribution in [1.82, 2.24) is 4.90 Å². The Morgan fingerprint density at radius 1 is 1.14 bits per heavy atom. The quantitative estimate of drug-likeness (QED) is 0.339. The van der Waals surface area contributed by atoms with Crippen LogP contribution in [0, 0.1) is 22.7 Å². The molecule has 0 aromatic heterocycles. The number of nitrogens with zero attached hydrogens (tertiary/aromatic N) is 1. The highest BCUT2D eigenvalue weighted by molar-refractivity contribution is 6.11. The average Bonchev–Trinajstić information content (AvgIpc) is 2.79. The van der Waals surface area contributed by atoms with Crippen molar-refractivity contribution in [2.45, 2.75) is 54.5 Å². The lowest BCUT2D eigenvalue weighted by Gasteiger charge is -2.34. The molecule has 2 aromatic rings. The molecule has 0 saturated carbocycles. The Balaban J connectivity index is 0.000000830. The molecule has 0 spiro atoms. The van der Waals surface area contributed by atoms with E-state index in [-0.39, 0.29) is 11.8 Å². The van der Waals surface area contributed by atoms with Gasteiger partial charge in [-0.25, -0.2) is 0 Å². The Labute approximate surface area is 217 Å². The van der Waals surface area contributed by atoms with E-state index in [1.165, 1.54) is 5.56 Å². The standard InChI is InChI=1S/C26H31N3O2.C5H12/c1-18(22-7-5-4-6-8-22)15-25(27)20(3)28-23-11-9-21(10-12-23)17-29-14-13-24(26(30)31)19(2)16-29;1-5(2,3)4/h4-12,15,19,24,27-28H,3,13-14,16-17H2,1-2H3,(H,30,31);1-4H3/b18-15+,27-25?;.